The molecule has 0 aliphatic carbocycles. The molecule has 1 aliphatic heterocycles. The summed E-state index contributed by atoms with van der Waals surface area (Å²) < 4.78 is 41.8. The summed E-state index contributed by atoms with van der Waals surface area (Å²) in [7, 11) is 0. The van der Waals surface area contributed by atoms with Crippen LogP contribution in [0.15, 0.2) is 81.9 Å². The quantitative estimate of drug-likeness (QED) is 0.287. The van der Waals surface area contributed by atoms with Gasteiger partial charge in [-0.15, -0.1) is 0 Å². The number of carbonyl (C=O) groups excluding carboxylic acids is 1. The van der Waals surface area contributed by atoms with E-state index in [1.807, 2.05) is 47.4 Å². The van der Waals surface area contributed by atoms with Gasteiger partial charge in [0.05, 0.1) is 6.20 Å². The molecule has 35 heavy (non-hydrogen) atoms. The molecule has 1 amide bonds. The van der Waals surface area contributed by atoms with Crippen LogP contribution < -0.4 is 4.74 Å². The molecule has 0 spiro atoms. The van der Waals surface area contributed by atoms with E-state index in [0.29, 0.717) is 30.9 Å². The van der Waals surface area contributed by atoms with Crippen LogP contribution in [0.4, 0.5) is 8.78 Å². The van der Waals surface area contributed by atoms with Crippen molar-refractivity contribution in [3.8, 4) is 17.1 Å². The third-order valence-electron chi connectivity index (χ3n) is 6.44. The summed E-state index contributed by atoms with van der Waals surface area (Å²) in [6, 6.07) is 20.3. The van der Waals surface area contributed by atoms with E-state index in [0.717, 1.165) is 27.5 Å². The van der Waals surface area contributed by atoms with Gasteiger partial charge < -0.3 is 18.6 Å². The first kappa shape index (κ1) is 21.3. The van der Waals surface area contributed by atoms with Gasteiger partial charge in [0.15, 0.2) is 17.1 Å². The molecule has 0 radical (unpaired) electrons. The van der Waals surface area contributed by atoms with E-state index in [1.165, 1.54) is 6.07 Å². The van der Waals surface area contributed by atoms with Gasteiger partial charge in [-0.3, -0.25) is 4.79 Å². The summed E-state index contributed by atoms with van der Waals surface area (Å²) in [5.41, 5.74) is 3.67. The van der Waals surface area contributed by atoms with E-state index in [9.17, 15) is 13.6 Å². The lowest BCUT2D eigenvalue weighted by atomic mass is 9.93. The highest BCUT2D eigenvalue weighted by Crippen LogP contribution is 2.42. The van der Waals surface area contributed by atoms with E-state index >= 15 is 0 Å². The second kappa shape index (κ2) is 8.54. The van der Waals surface area contributed by atoms with Crippen LogP contribution in [0.25, 0.3) is 33.3 Å². The highest BCUT2D eigenvalue weighted by atomic mass is 19.3. The smallest absolute Gasteiger partial charge is 0.387 e. The van der Waals surface area contributed by atoms with E-state index in [2.05, 4.69) is 5.16 Å². The molecule has 5 aromatic rings. The van der Waals surface area contributed by atoms with Crippen LogP contribution in [0.1, 0.15) is 23.5 Å². The van der Waals surface area contributed by atoms with E-state index in [1.54, 1.807) is 24.4 Å². The Balaban J connectivity index is 1.29. The molecule has 1 saturated heterocycles. The average Bonchev–Trinajstić information content (AvgIpc) is 3.59. The molecular formula is C27H20F2N2O4. The number of para-hydroxylation sites is 1. The number of furan rings is 1. The van der Waals surface area contributed by atoms with Crippen LogP contribution in [0, 0.1) is 0 Å². The average molecular weight is 474 g/mol. The minimum Gasteiger partial charge on any atom is -0.452 e. The first-order chi connectivity index (χ1) is 17.1. The van der Waals surface area contributed by atoms with Gasteiger partial charge in [0.25, 0.3) is 0 Å². The van der Waals surface area contributed by atoms with E-state index < -0.39 is 6.61 Å². The number of benzene rings is 3. The zero-order chi connectivity index (χ0) is 23.9. The Kier molecular flexibility index (Phi) is 5.21. The molecule has 0 saturated carbocycles. The molecule has 3 heterocycles. The largest absolute Gasteiger partial charge is 0.452 e. The Morgan fingerprint density at radius 1 is 1.06 bits per heavy atom. The first-order valence-corrected chi connectivity index (χ1v) is 11.2. The Bertz CT molecular complexity index is 1510. The molecular weight excluding hydrogens is 454 g/mol. The number of likely N-dealkylation sites (tertiary alicyclic amines) is 1. The Hall–Kier alpha value is -4.20. The number of rotatable bonds is 6. The van der Waals surface area contributed by atoms with Crippen molar-refractivity contribution in [3.63, 3.8) is 0 Å². The fraction of sp³-hybridized carbons (Fsp3) is 0.185. The summed E-state index contributed by atoms with van der Waals surface area (Å²) in [6.07, 6.45) is 1.93. The van der Waals surface area contributed by atoms with E-state index in [4.69, 9.17) is 13.7 Å². The third-order valence-corrected chi connectivity index (χ3v) is 6.44. The van der Waals surface area contributed by atoms with Crippen LogP contribution in [-0.4, -0.2) is 29.1 Å². The molecule has 8 heteroatoms. The second-order valence-electron chi connectivity index (χ2n) is 8.58. The summed E-state index contributed by atoms with van der Waals surface area (Å²) >= 11 is 0. The lowest BCUT2D eigenvalue weighted by molar-refractivity contribution is -0.128. The zero-order valence-corrected chi connectivity index (χ0v) is 18.5. The number of halogens is 2. The number of hydrogen-bond acceptors (Lipinski definition) is 5. The molecule has 2 aromatic heterocycles. The molecule has 0 bridgehead atoms. The molecule has 176 valence electrons. The molecule has 1 atom stereocenters. The van der Waals surface area contributed by atoms with Crippen LogP contribution in [0.5, 0.6) is 5.75 Å². The standard InChI is InChI=1S/C27H20F2N2O4/c28-27(29)34-23-10-9-19(25-20-3-1-2-4-22(20)33-26(23)25)18-13-24(32)31(15-18)14-16-5-7-17(8-6-16)21-11-12-30-35-21/h1-12,18,27H,13-15H2. The SMILES string of the molecule is O=C1CC(c2ccc(OC(F)F)c3oc4ccccc4c23)CN1Cc1ccc(-c2ccno2)cc1. The van der Waals surface area contributed by atoms with Gasteiger partial charge in [-0.05, 0) is 23.3 Å². The van der Waals surface area contributed by atoms with Gasteiger partial charge in [0, 0.05) is 47.8 Å². The number of amides is 1. The van der Waals surface area contributed by atoms with Gasteiger partial charge in [0.1, 0.15) is 5.58 Å². The highest BCUT2D eigenvalue weighted by Gasteiger charge is 2.33. The normalized spacial score (nSPS) is 16.1. The number of alkyl halides is 2. The lowest BCUT2D eigenvalue weighted by Gasteiger charge is -2.18. The van der Waals surface area contributed by atoms with Crippen LogP contribution in [-0.2, 0) is 11.3 Å². The summed E-state index contributed by atoms with van der Waals surface area (Å²) in [5.74, 6) is 0.621. The predicted octanol–water partition coefficient (Wildman–Crippen LogP) is 6.36. The summed E-state index contributed by atoms with van der Waals surface area (Å²) in [5, 5.41) is 5.26. The maximum atomic E-state index is 13.0. The van der Waals surface area contributed by atoms with Gasteiger partial charge in [-0.25, -0.2) is 0 Å². The van der Waals surface area contributed by atoms with Gasteiger partial charge >= 0.3 is 6.61 Å². The zero-order valence-electron chi connectivity index (χ0n) is 18.5. The molecule has 1 fully saturated rings. The van der Waals surface area contributed by atoms with Crippen LogP contribution >= 0.6 is 0 Å². The Morgan fingerprint density at radius 3 is 2.66 bits per heavy atom. The van der Waals surface area contributed by atoms with Gasteiger partial charge in [0.2, 0.25) is 5.91 Å². The van der Waals surface area contributed by atoms with Crippen LogP contribution in [0.2, 0.25) is 0 Å². The fourth-order valence-corrected chi connectivity index (χ4v) is 4.85. The minimum atomic E-state index is -2.96. The van der Waals surface area contributed by atoms with E-state index in [-0.39, 0.29) is 23.2 Å². The van der Waals surface area contributed by atoms with Gasteiger partial charge in [-0.2, -0.15) is 8.78 Å². The molecule has 1 unspecified atom stereocenters. The lowest BCUT2D eigenvalue weighted by Crippen LogP contribution is -2.24. The molecule has 3 aromatic carbocycles. The molecule has 1 aliphatic rings. The monoisotopic (exact) mass is 474 g/mol. The number of hydrogen-bond donors (Lipinski definition) is 0. The first-order valence-electron chi connectivity index (χ1n) is 11.2. The number of aromatic nitrogens is 1. The maximum absolute atomic E-state index is 13.0. The third kappa shape index (κ3) is 3.90. The van der Waals surface area contributed by atoms with Crippen molar-refractivity contribution in [3.05, 3.63) is 84.1 Å². The second-order valence-corrected chi connectivity index (χ2v) is 8.58. The van der Waals surface area contributed by atoms with Gasteiger partial charge in [-0.1, -0.05) is 53.7 Å². The van der Waals surface area contributed by atoms with Crippen molar-refractivity contribution in [1.82, 2.24) is 10.1 Å². The number of nitrogens with zero attached hydrogens (tertiary/aromatic N) is 2. The topological polar surface area (TPSA) is 68.7 Å². The van der Waals surface area contributed by atoms with Crippen molar-refractivity contribution in [2.75, 3.05) is 6.54 Å². The minimum absolute atomic E-state index is 0.0111. The van der Waals surface area contributed by atoms with Crippen LogP contribution in [0.3, 0.4) is 0 Å². The van der Waals surface area contributed by atoms with Crippen molar-refractivity contribution >= 4 is 27.8 Å². The number of ether oxygens (including phenoxy) is 1. The molecule has 6 nitrogen and oxygen atoms in total. The highest BCUT2D eigenvalue weighted by molar-refractivity contribution is 6.09. The Labute approximate surface area is 198 Å². The van der Waals surface area contributed by atoms with Crippen molar-refractivity contribution in [1.29, 1.82) is 0 Å². The summed E-state index contributed by atoms with van der Waals surface area (Å²) in [6.45, 7) is -1.96. The van der Waals surface area contributed by atoms with Crippen molar-refractivity contribution in [2.45, 2.75) is 25.5 Å². The van der Waals surface area contributed by atoms with Crippen molar-refractivity contribution < 1.29 is 27.3 Å². The van der Waals surface area contributed by atoms with Crippen molar-refractivity contribution in [2.24, 2.45) is 0 Å². The molecule has 6 rings (SSSR count). The molecule has 0 N–H and O–H groups in total. The Morgan fingerprint density at radius 2 is 1.89 bits per heavy atom. The number of carbonyl (C=O) groups is 1. The fourth-order valence-electron chi connectivity index (χ4n) is 4.85. The maximum Gasteiger partial charge on any atom is 0.387 e. The predicted molar refractivity (Wildman–Crippen MR) is 125 cm³/mol. The number of fused-ring (bicyclic) bond motifs is 3. The summed E-state index contributed by atoms with van der Waals surface area (Å²) in [4.78, 5) is 14.7.